The Labute approximate surface area is 126 Å². The highest BCUT2D eigenvalue weighted by atomic mass is 79.9. The summed E-state index contributed by atoms with van der Waals surface area (Å²) < 4.78 is 27.2. The fourth-order valence-electron chi connectivity index (χ4n) is 1.33. The van der Waals surface area contributed by atoms with Gasteiger partial charge in [0.1, 0.15) is 10.7 Å². The predicted octanol–water partition coefficient (Wildman–Crippen LogP) is 0.690. The molecule has 0 aliphatic heterocycles. The van der Waals surface area contributed by atoms with Crippen LogP contribution in [0.3, 0.4) is 0 Å². The van der Waals surface area contributed by atoms with E-state index in [1.54, 1.807) is 0 Å². The maximum absolute atomic E-state index is 12.2. The second kappa shape index (κ2) is 7.55. The Bertz CT molecular complexity index is 577. The number of aromatic nitrogens is 1. The summed E-state index contributed by atoms with van der Waals surface area (Å²) in [4.78, 5) is 15.2. The molecule has 0 unspecified atom stereocenters. The fourth-order valence-corrected chi connectivity index (χ4v) is 2.95. The molecule has 0 aliphatic carbocycles. The first-order valence-corrected chi connectivity index (χ1v) is 8.28. The number of carbonyl (C=O) groups is 1. The van der Waals surface area contributed by atoms with Gasteiger partial charge >= 0.3 is 0 Å². The predicted molar refractivity (Wildman–Crippen MR) is 80.0 cm³/mol. The second-order valence-electron chi connectivity index (χ2n) is 3.92. The molecule has 1 aromatic rings. The fraction of sp³-hybridized carbons (Fsp3) is 0.455. The summed E-state index contributed by atoms with van der Waals surface area (Å²) in [5.74, 6) is -0.154. The van der Waals surface area contributed by atoms with Gasteiger partial charge in [-0.05, 0) is 28.4 Å². The van der Waals surface area contributed by atoms with Gasteiger partial charge in [-0.15, -0.1) is 0 Å². The van der Waals surface area contributed by atoms with Gasteiger partial charge < -0.3 is 10.6 Å². The molecule has 20 heavy (non-hydrogen) atoms. The van der Waals surface area contributed by atoms with Crippen LogP contribution in [0.25, 0.3) is 0 Å². The zero-order valence-electron chi connectivity index (χ0n) is 11.2. The highest BCUT2D eigenvalue weighted by molar-refractivity contribution is 9.10. The Morgan fingerprint density at radius 3 is 2.75 bits per heavy atom. The highest BCUT2D eigenvalue weighted by Gasteiger charge is 2.20. The van der Waals surface area contributed by atoms with Crippen LogP contribution < -0.4 is 15.4 Å². The largest absolute Gasteiger partial charge is 0.369 e. The smallest absolute Gasteiger partial charge is 0.244 e. The van der Waals surface area contributed by atoms with Crippen LogP contribution in [0.4, 0.5) is 5.82 Å². The van der Waals surface area contributed by atoms with Gasteiger partial charge in [0.2, 0.25) is 15.9 Å². The third kappa shape index (κ3) is 4.73. The number of amides is 1. The Morgan fingerprint density at radius 1 is 1.45 bits per heavy atom. The van der Waals surface area contributed by atoms with Crippen LogP contribution in [-0.4, -0.2) is 39.4 Å². The maximum Gasteiger partial charge on any atom is 0.244 e. The number of carbonyl (C=O) groups excluding carboxylic acids is 1. The number of nitrogens with zero attached hydrogens (tertiary/aromatic N) is 1. The van der Waals surface area contributed by atoms with Crippen molar-refractivity contribution in [2.45, 2.75) is 18.2 Å². The number of halogens is 1. The minimum absolute atomic E-state index is 0.00391. The molecule has 0 bridgehead atoms. The summed E-state index contributed by atoms with van der Waals surface area (Å²) in [6.07, 6.45) is 2.35. The zero-order valence-corrected chi connectivity index (χ0v) is 13.6. The number of anilines is 1. The Kier molecular flexibility index (Phi) is 6.37. The summed E-state index contributed by atoms with van der Waals surface area (Å²) in [6, 6.07) is 1.44. The first-order valence-electron chi connectivity index (χ1n) is 6.00. The molecule has 0 atom stereocenters. The monoisotopic (exact) mass is 364 g/mol. The summed E-state index contributed by atoms with van der Waals surface area (Å²) in [5.41, 5.74) is 0. The van der Waals surface area contributed by atoms with E-state index in [0.717, 1.165) is 6.42 Å². The Balaban J connectivity index is 3.02. The van der Waals surface area contributed by atoms with Crippen molar-refractivity contribution in [2.75, 3.05) is 25.5 Å². The lowest BCUT2D eigenvalue weighted by Gasteiger charge is -2.12. The molecule has 0 saturated carbocycles. The molecular formula is C11H17BrN4O3S. The van der Waals surface area contributed by atoms with Gasteiger partial charge in [0.15, 0.2) is 0 Å². The normalized spacial score (nSPS) is 11.2. The van der Waals surface area contributed by atoms with Crippen molar-refractivity contribution < 1.29 is 13.2 Å². The standard InChI is InChI=1S/C11H17BrN4O3S/c1-3-4-14-11-9(5-8(12)6-15-11)20(18,19)16-7-10(17)13-2/h5-6,16H,3-4,7H2,1-2H3,(H,13,17)(H,14,15). The van der Waals surface area contributed by atoms with Crippen LogP contribution in [0.1, 0.15) is 13.3 Å². The van der Waals surface area contributed by atoms with Crippen LogP contribution in [0.15, 0.2) is 21.6 Å². The van der Waals surface area contributed by atoms with E-state index >= 15 is 0 Å². The molecule has 1 heterocycles. The van der Waals surface area contributed by atoms with Crippen molar-refractivity contribution in [3.63, 3.8) is 0 Å². The summed E-state index contributed by atoms with van der Waals surface area (Å²) in [7, 11) is -2.38. The van der Waals surface area contributed by atoms with Crippen molar-refractivity contribution in [3.05, 3.63) is 16.7 Å². The van der Waals surface area contributed by atoms with Gasteiger partial charge in [-0.3, -0.25) is 4.79 Å². The average Bonchev–Trinajstić information content (AvgIpc) is 2.43. The number of likely N-dealkylation sites (N-methyl/N-ethyl adjacent to an activating group) is 1. The molecule has 0 radical (unpaired) electrons. The zero-order chi connectivity index (χ0) is 15.2. The maximum atomic E-state index is 12.2. The van der Waals surface area contributed by atoms with Gasteiger partial charge in [-0.2, -0.15) is 0 Å². The third-order valence-corrected chi connectivity index (χ3v) is 4.20. The van der Waals surface area contributed by atoms with Crippen LogP contribution >= 0.6 is 15.9 Å². The molecule has 112 valence electrons. The van der Waals surface area contributed by atoms with E-state index in [9.17, 15) is 13.2 Å². The van der Waals surface area contributed by atoms with E-state index < -0.39 is 15.9 Å². The molecule has 0 aromatic carbocycles. The Morgan fingerprint density at radius 2 is 2.15 bits per heavy atom. The number of hydrogen-bond donors (Lipinski definition) is 3. The number of rotatable bonds is 7. The van der Waals surface area contributed by atoms with Crippen LogP contribution in [0.2, 0.25) is 0 Å². The lowest BCUT2D eigenvalue weighted by molar-refractivity contribution is -0.119. The number of sulfonamides is 1. The molecule has 0 spiro atoms. The van der Waals surface area contributed by atoms with Gasteiger partial charge in [-0.25, -0.2) is 18.1 Å². The van der Waals surface area contributed by atoms with Crippen LogP contribution in [0, 0.1) is 0 Å². The van der Waals surface area contributed by atoms with Crippen LogP contribution in [0.5, 0.6) is 0 Å². The molecule has 1 aromatic heterocycles. The number of pyridine rings is 1. The van der Waals surface area contributed by atoms with Gasteiger partial charge in [0.25, 0.3) is 0 Å². The number of nitrogens with one attached hydrogen (secondary N) is 3. The molecule has 9 heteroatoms. The van der Waals surface area contributed by atoms with Crippen molar-refractivity contribution in [3.8, 4) is 0 Å². The minimum atomic E-state index is -3.81. The van der Waals surface area contributed by atoms with E-state index in [1.165, 1.54) is 19.3 Å². The SMILES string of the molecule is CCCNc1ncc(Br)cc1S(=O)(=O)NCC(=O)NC. The van der Waals surface area contributed by atoms with E-state index in [1.807, 2.05) is 6.92 Å². The lowest BCUT2D eigenvalue weighted by atomic mass is 10.4. The minimum Gasteiger partial charge on any atom is -0.369 e. The van der Waals surface area contributed by atoms with Crippen LogP contribution in [-0.2, 0) is 14.8 Å². The summed E-state index contributed by atoms with van der Waals surface area (Å²) in [5, 5.41) is 5.29. The molecular weight excluding hydrogens is 348 g/mol. The molecule has 7 nitrogen and oxygen atoms in total. The Hall–Kier alpha value is -1.19. The first-order chi connectivity index (χ1) is 9.40. The van der Waals surface area contributed by atoms with Gasteiger partial charge in [-0.1, -0.05) is 6.92 Å². The van der Waals surface area contributed by atoms with Crippen molar-refractivity contribution in [1.29, 1.82) is 0 Å². The second-order valence-corrected chi connectivity index (χ2v) is 6.58. The topological polar surface area (TPSA) is 100 Å². The van der Waals surface area contributed by atoms with Crippen molar-refractivity contribution >= 4 is 37.7 Å². The third-order valence-electron chi connectivity index (χ3n) is 2.35. The molecule has 3 N–H and O–H groups in total. The lowest BCUT2D eigenvalue weighted by Crippen LogP contribution is -2.35. The number of hydrogen-bond acceptors (Lipinski definition) is 5. The molecule has 1 amide bonds. The molecule has 1 rings (SSSR count). The van der Waals surface area contributed by atoms with E-state index in [2.05, 4.69) is 36.3 Å². The molecule has 0 fully saturated rings. The summed E-state index contributed by atoms with van der Waals surface area (Å²) >= 11 is 3.19. The summed E-state index contributed by atoms with van der Waals surface area (Å²) in [6.45, 7) is 2.25. The van der Waals surface area contributed by atoms with E-state index in [0.29, 0.717) is 11.0 Å². The van der Waals surface area contributed by atoms with E-state index in [-0.39, 0.29) is 17.3 Å². The van der Waals surface area contributed by atoms with E-state index in [4.69, 9.17) is 0 Å². The van der Waals surface area contributed by atoms with Crippen molar-refractivity contribution in [2.24, 2.45) is 0 Å². The quantitative estimate of drug-likeness (QED) is 0.660. The average molecular weight is 365 g/mol. The molecule has 0 saturated heterocycles. The first kappa shape index (κ1) is 16.9. The highest BCUT2D eigenvalue weighted by Crippen LogP contribution is 2.22. The van der Waals surface area contributed by atoms with Gasteiger partial charge in [0.05, 0.1) is 6.54 Å². The molecule has 0 aliphatic rings. The van der Waals surface area contributed by atoms with Gasteiger partial charge in [0, 0.05) is 24.3 Å². The van der Waals surface area contributed by atoms with Crippen molar-refractivity contribution in [1.82, 2.24) is 15.0 Å².